The average Bonchev–Trinajstić information content (AvgIpc) is 3.06. The van der Waals surface area contributed by atoms with Crippen molar-refractivity contribution in [3.05, 3.63) is 0 Å². The van der Waals surface area contributed by atoms with E-state index >= 15 is 0 Å². The van der Waals surface area contributed by atoms with Crippen LogP contribution in [0.2, 0.25) is 0 Å². The van der Waals surface area contributed by atoms with Gasteiger partial charge in [0.05, 0.1) is 6.54 Å². The molecule has 2 fully saturated rings. The van der Waals surface area contributed by atoms with Crippen LogP contribution >= 0.6 is 0 Å². The van der Waals surface area contributed by atoms with Gasteiger partial charge < -0.3 is 10.6 Å². The summed E-state index contributed by atoms with van der Waals surface area (Å²) in [4.78, 5) is 14.6. The summed E-state index contributed by atoms with van der Waals surface area (Å²) in [6, 6.07) is 1.48. The lowest BCUT2D eigenvalue weighted by atomic mass is 10.0. The number of hydrogen-bond acceptors (Lipinski definition) is 3. The molecule has 0 bridgehead atoms. The van der Waals surface area contributed by atoms with E-state index in [1.54, 1.807) is 0 Å². The Balaban J connectivity index is 1.73. The van der Waals surface area contributed by atoms with Gasteiger partial charge in [-0.1, -0.05) is 13.8 Å². The quantitative estimate of drug-likeness (QED) is 0.756. The van der Waals surface area contributed by atoms with E-state index in [1.807, 2.05) is 0 Å². The maximum atomic E-state index is 12.2. The van der Waals surface area contributed by atoms with E-state index in [4.69, 9.17) is 0 Å². The van der Waals surface area contributed by atoms with E-state index in [1.165, 1.54) is 32.1 Å². The van der Waals surface area contributed by atoms with Gasteiger partial charge in [-0.3, -0.25) is 9.69 Å². The van der Waals surface area contributed by atoms with Crippen molar-refractivity contribution in [2.75, 3.05) is 19.6 Å². The standard InChI is InChI=1S/C17H33N3O/c1-13(2)8-9-14(3)19-17(21)12-20-11-5-7-16(20)15-6-4-10-18-15/h13-16,18H,4-12H2,1-3H3,(H,19,21). The molecule has 0 radical (unpaired) electrons. The number of nitrogens with one attached hydrogen (secondary N) is 2. The van der Waals surface area contributed by atoms with Gasteiger partial charge in [0.25, 0.3) is 0 Å². The first kappa shape index (κ1) is 16.8. The molecule has 0 saturated carbocycles. The normalized spacial score (nSPS) is 28.2. The summed E-state index contributed by atoms with van der Waals surface area (Å²) < 4.78 is 0. The van der Waals surface area contributed by atoms with Crippen LogP contribution in [0.4, 0.5) is 0 Å². The fourth-order valence-corrected chi connectivity index (χ4v) is 3.70. The Hall–Kier alpha value is -0.610. The van der Waals surface area contributed by atoms with Gasteiger partial charge in [0.1, 0.15) is 0 Å². The fourth-order valence-electron chi connectivity index (χ4n) is 3.70. The van der Waals surface area contributed by atoms with Crippen LogP contribution in [0.1, 0.15) is 59.3 Å². The van der Waals surface area contributed by atoms with Crippen LogP contribution in [0.25, 0.3) is 0 Å². The molecule has 0 aliphatic carbocycles. The summed E-state index contributed by atoms with van der Waals surface area (Å²) in [7, 11) is 0. The van der Waals surface area contributed by atoms with Crippen molar-refractivity contribution in [3.8, 4) is 0 Å². The van der Waals surface area contributed by atoms with Crippen molar-refractivity contribution >= 4 is 5.91 Å². The van der Waals surface area contributed by atoms with Gasteiger partial charge >= 0.3 is 0 Å². The van der Waals surface area contributed by atoms with E-state index in [2.05, 4.69) is 36.3 Å². The number of hydrogen-bond donors (Lipinski definition) is 2. The van der Waals surface area contributed by atoms with E-state index < -0.39 is 0 Å². The average molecular weight is 295 g/mol. The summed E-state index contributed by atoms with van der Waals surface area (Å²) in [5.41, 5.74) is 0. The molecule has 0 spiro atoms. The number of likely N-dealkylation sites (tertiary alicyclic amines) is 1. The Labute approximate surface area is 130 Å². The monoisotopic (exact) mass is 295 g/mol. The Kier molecular flexibility index (Phi) is 6.49. The summed E-state index contributed by atoms with van der Waals surface area (Å²) in [5, 5.41) is 6.77. The maximum Gasteiger partial charge on any atom is 0.234 e. The van der Waals surface area contributed by atoms with E-state index in [0.29, 0.717) is 30.6 Å². The van der Waals surface area contributed by atoms with Crippen molar-refractivity contribution in [1.29, 1.82) is 0 Å². The lowest BCUT2D eigenvalue weighted by Crippen LogP contribution is -2.48. The lowest BCUT2D eigenvalue weighted by molar-refractivity contribution is -0.123. The zero-order valence-electron chi connectivity index (χ0n) is 14.0. The summed E-state index contributed by atoms with van der Waals surface area (Å²) in [6.07, 6.45) is 7.30. The predicted molar refractivity (Wildman–Crippen MR) is 87.3 cm³/mol. The number of nitrogens with zero attached hydrogens (tertiary/aromatic N) is 1. The largest absolute Gasteiger partial charge is 0.353 e. The minimum Gasteiger partial charge on any atom is -0.353 e. The lowest BCUT2D eigenvalue weighted by Gasteiger charge is -2.29. The molecule has 0 aromatic carbocycles. The van der Waals surface area contributed by atoms with Gasteiger partial charge in [0.15, 0.2) is 0 Å². The molecule has 0 aromatic heterocycles. The van der Waals surface area contributed by atoms with E-state index in [9.17, 15) is 4.79 Å². The molecule has 21 heavy (non-hydrogen) atoms. The SMILES string of the molecule is CC(C)CCC(C)NC(=O)CN1CCCC1C1CCCN1. The number of carbonyl (C=O) groups excluding carboxylic acids is 1. The molecule has 2 aliphatic heterocycles. The summed E-state index contributed by atoms with van der Waals surface area (Å²) >= 11 is 0. The minimum absolute atomic E-state index is 0.205. The first-order valence-corrected chi connectivity index (χ1v) is 8.83. The van der Waals surface area contributed by atoms with Crippen molar-refractivity contribution < 1.29 is 4.79 Å². The highest BCUT2D eigenvalue weighted by atomic mass is 16.2. The molecule has 1 amide bonds. The maximum absolute atomic E-state index is 12.2. The van der Waals surface area contributed by atoms with Gasteiger partial charge in [-0.2, -0.15) is 0 Å². The van der Waals surface area contributed by atoms with Gasteiger partial charge in [-0.05, 0) is 64.5 Å². The van der Waals surface area contributed by atoms with Gasteiger partial charge in [0.2, 0.25) is 5.91 Å². The Morgan fingerprint density at radius 1 is 1.24 bits per heavy atom. The van der Waals surface area contributed by atoms with Gasteiger partial charge in [-0.15, -0.1) is 0 Å². The Morgan fingerprint density at radius 3 is 2.71 bits per heavy atom. The smallest absolute Gasteiger partial charge is 0.234 e. The van der Waals surface area contributed by atoms with Crippen LogP contribution in [-0.4, -0.2) is 48.6 Å². The Morgan fingerprint density at radius 2 is 2.05 bits per heavy atom. The van der Waals surface area contributed by atoms with Crippen molar-refractivity contribution in [2.45, 2.75) is 77.4 Å². The highest BCUT2D eigenvalue weighted by molar-refractivity contribution is 5.78. The highest BCUT2D eigenvalue weighted by Gasteiger charge is 2.33. The van der Waals surface area contributed by atoms with Crippen LogP contribution in [-0.2, 0) is 4.79 Å². The molecule has 3 atom stereocenters. The molecule has 4 nitrogen and oxygen atoms in total. The van der Waals surface area contributed by atoms with Crippen molar-refractivity contribution in [2.24, 2.45) is 5.92 Å². The molecule has 2 heterocycles. The first-order valence-electron chi connectivity index (χ1n) is 8.83. The molecule has 2 N–H and O–H groups in total. The molecule has 2 aliphatic rings. The predicted octanol–water partition coefficient (Wildman–Crippen LogP) is 2.14. The molecular formula is C17H33N3O. The molecule has 0 aromatic rings. The van der Waals surface area contributed by atoms with Crippen molar-refractivity contribution in [1.82, 2.24) is 15.5 Å². The van der Waals surface area contributed by atoms with Gasteiger partial charge in [0, 0.05) is 18.1 Å². The second-order valence-corrected chi connectivity index (χ2v) is 7.32. The third-order valence-corrected chi connectivity index (χ3v) is 4.91. The zero-order valence-corrected chi connectivity index (χ0v) is 14.0. The molecule has 3 unspecified atom stereocenters. The second-order valence-electron chi connectivity index (χ2n) is 7.32. The Bertz CT molecular complexity index is 326. The van der Waals surface area contributed by atoms with E-state index in [-0.39, 0.29) is 5.91 Å². The van der Waals surface area contributed by atoms with Crippen molar-refractivity contribution in [3.63, 3.8) is 0 Å². The van der Waals surface area contributed by atoms with Crippen LogP contribution in [0.3, 0.4) is 0 Å². The van der Waals surface area contributed by atoms with E-state index in [0.717, 1.165) is 19.5 Å². The third kappa shape index (κ3) is 5.26. The van der Waals surface area contributed by atoms with Gasteiger partial charge in [-0.25, -0.2) is 0 Å². The fraction of sp³-hybridized carbons (Fsp3) is 0.941. The van der Waals surface area contributed by atoms with Crippen LogP contribution in [0.5, 0.6) is 0 Å². The topological polar surface area (TPSA) is 44.4 Å². The highest BCUT2D eigenvalue weighted by Crippen LogP contribution is 2.24. The van der Waals surface area contributed by atoms with Crippen LogP contribution < -0.4 is 10.6 Å². The zero-order chi connectivity index (χ0) is 15.2. The molecule has 2 rings (SSSR count). The summed E-state index contributed by atoms with van der Waals surface area (Å²) in [6.45, 7) is 9.40. The number of carbonyl (C=O) groups is 1. The molecule has 122 valence electrons. The van der Waals surface area contributed by atoms with Crippen LogP contribution in [0.15, 0.2) is 0 Å². The second kappa shape index (κ2) is 8.14. The first-order chi connectivity index (χ1) is 10.1. The third-order valence-electron chi connectivity index (χ3n) is 4.91. The summed E-state index contributed by atoms with van der Waals surface area (Å²) in [5.74, 6) is 0.914. The minimum atomic E-state index is 0.205. The molecular weight excluding hydrogens is 262 g/mol. The molecule has 2 saturated heterocycles. The molecule has 4 heteroatoms. The number of rotatable bonds is 7. The number of amides is 1. The van der Waals surface area contributed by atoms with Crippen LogP contribution in [0, 0.1) is 5.92 Å².